The van der Waals surface area contributed by atoms with E-state index in [9.17, 15) is 4.79 Å². The van der Waals surface area contributed by atoms with Crippen LogP contribution in [0.3, 0.4) is 0 Å². The number of carbonyl (C=O) groups excluding carboxylic acids is 1. The summed E-state index contributed by atoms with van der Waals surface area (Å²) in [5.74, 6) is 0.861. The minimum absolute atomic E-state index is 0.277. The minimum Gasteiger partial charge on any atom is -0.444 e. The Morgan fingerprint density at radius 2 is 1.86 bits per heavy atom. The molecular formula is C20H38N4O4. The Labute approximate surface area is 169 Å². The number of nitrogens with one attached hydrogen (secondary N) is 2. The summed E-state index contributed by atoms with van der Waals surface area (Å²) in [7, 11) is 1.78. The molecule has 0 aliphatic carbocycles. The predicted molar refractivity (Wildman–Crippen MR) is 110 cm³/mol. The Kier molecular flexibility index (Phi) is 9.31. The quantitative estimate of drug-likeness (QED) is 0.405. The third kappa shape index (κ3) is 8.65. The highest BCUT2D eigenvalue weighted by atomic mass is 16.6. The molecule has 0 radical (unpaired) electrons. The van der Waals surface area contributed by atoms with Crippen LogP contribution < -0.4 is 10.6 Å². The van der Waals surface area contributed by atoms with Gasteiger partial charge in [-0.15, -0.1) is 0 Å². The molecule has 2 N–H and O–H groups in total. The summed E-state index contributed by atoms with van der Waals surface area (Å²) in [4.78, 5) is 18.3. The SMILES string of the molecule is CN=C(NCCNC(=O)OC(C)(C)C)N1CCC(OCC2CCCCO2)CC1. The number of nitrogens with zero attached hydrogens (tertiary/aromatic N) is 2. The van der Waals surface area contributed by atoms with E-state index < -0.39 is 11.7 Å². The van der Waals surface area contributed by atoms with Gasteiger partial charge in [0, 0.05) is 39.8 Å². The number of aliphatic imine (C=N–C) groups is 1. The van der Waals surface area contributed by atoms with Crippen LogP contribution in [0.2, 0.25) is 0 Å². The summed E-state index contributed by atoms with van der Waals surface area (Å²) in [5.41, 5.74) is -0.483. The molecule has 2 rings (SSSR count). The number of piperidine rings is 1. The molecule has 0 aromatic rings. The maximum absolute atomic E-state index is 11.7. The molecule has 0 saturated carbocycles. The highest BCUT2D eigenvalue weighted by Crippen LogP contribution is 2.17. The van der Waals surface area contributed by atoms with Gasteiger partial charge in [0.15, 0.2) is 5.96 Å². The molecular weight excluding hydrogens is 360 g/mol. The average molecular weight is 399 g/mol. The molecule has 1 atom stereocenters. The Morgan fingerprint density at radius 1 is 1.14 bits per heavy atom. The van der Waals surface area contributed by atoms with E-state index >= 15 is 0 Å². The maximum atomic E-state index is 11.7. The number of rotatable bonds is 6. The molecule has 1 unspecified atom stereocenters. The molecule has 28 heavy (non-hydrogen) atoms. The molecule has 2 saturated heterocycles. The van der Waals surface area contributed by atoms with Gasteiger partial charge >= 0.3 is 6.09 Å². The fourth-order valence-corrected chi connectivity index (χ4v) is 3.40. The first kappa shape index (κ1) is 22.7. The number of alkyl carbamates (subject to hydrolysis) is 1. The first-order valence-electron chi connectivity index (χ1n) is 10.5. The maximum Gasteiger partial charge on any atom is 0.407 e. The standard InChI is InChI=1S/C20H38N4O4/c1-20(2,3)28-19(25)23-11-10-22-18(21-4)24-12-8-16(9-13-24)27-15-17-7-5-6-14-26-17/h16-17H,5-15H2,1-4H3,(H,21,22)(H,23,25). The van der Waals surface area contributed by atoms with Gasteiger partial charge in [0.1, 0.15) is 5.60 Å². The lowest BCUT2D eigenvalue weighted by Gasteiger charge is -2.35. The normalized spacial score (nSPS) is 22.1. The highest BCUT2D eigenvalue weighted by Gasteiger charge is 2.23. The number of likely N-dealkylation sites (tertiary alicyclic amines) is 1. The summed E-state index contributed by atoms with van der Waals surface area (Å²) >= 11 is 0. The van der Waals surface area contributed by atoms with Crippen molar-refractivity contribution < 1.29 is 19.0 Å². The van der Waals surface area contributed by atoms with E-state index in [1.807, 2.05) is 20.8 Å². The van der Waals surface area contributed by atoms with E-state index in [1.54, 1.807) is 7.05 Å². The Balaban J connectivity index is 1.60. The van der Waals surface area contributed by atoms with Crippen LogP contribution >= 0.6 is 0 Å². The van der Waals surface area contributed by atoms with Gasteiger partial charge in [-0.3, -0.25) is 4.99 Å². The van der Waals surface area contributed by atoms with Crippen LogP contribution in [0.15, 0.2) is 4.99 Å². The van der Waals surface area contributed by atoms with Crippen LogP contribution in [-0.2, 0) is 14.2 Å². The van der Waals surface area contributed by atoms with Gasteiger partial charge in [0.25, 0.3) is 0 Å². The zero-order valence-corrected chi connectivity index (χ0v) is 18.0. The topological polar surface area (TPSA) is 84.4 Å². The van der Waals surface area contributed by atoms with Gasteiger partial charge in [-0.25, -0.2) is 4.79 Å². The average Bonchev–Trinajstić information content (AvgIpc) is 2.66. The van der Waals surface area contributed by atoms with E-state index in [2.05, 4.69) is 20.5 Å². The van der Waals surface area contributed by atoms with Crippen LogP contribution in [0.5, 0.6) is 0 Å². The fraction of sp³-hybridized carbons (Fsp3) is 0.900. The summed E-state index contributed by atoms with van der Waals surface area (Å²) in [5, 5.41) is 6.05. The van der Waals surface area contributed by atoms with Crippen LogP contribution in [0, 0.1) is 0 Å². The van der Waals surface area contributed by atoms with Crippen molar-refractivity contribution in [1.29, 1.82) is 0 Å². The van der Waals surface area contributed by atoms with Gasteiger partial charge < -0.3 is 29.7 Å². The molecule has 0 aromatic heterocycles. The van der Waals surface area contributed by atoms with Crippen molar-refractivity contribution in [3.05, 3.63) is 0 Å². The summed E-state index contributed by atoms with van der Waals surface area (Å²) in [6, 6.07) is 0. The Hall–Kier alpha value is -1.54. The van der Waals surface area contributed by atoms with Gasteiger partial charge in [0.2, 0.25) is 0 Å². The first-order valence-corrected chi connectivity index (χ1v) is 10.5. The molecule has 162 valence electrons. The van der Waals surface area contributed by atoms with E-state index in [4.69, 9.17) is 14.2 Å². The monoisotopic (exact) mass is 398 g/mol. The molecule has 2 fully saturated rings. The number of carbonyl (C=O) groups is 1. The second-order valence-corrected chi connectivity index (χ2v) is 8.41. The summed E-state index contributed by atoms with van der Waals surface area (Å²) in [6.45, 7) is 10.0. The largest absolute Gasteiger partial charge is 0.444 e. The smallest absolute Gasteiger partial charge is 0.407 e. The van der Waals surface area contributed by atoms with Crippen molar-refractivity contribution in [2.24, 2.45) is 4.99 Å². The molecule has 0 bridgehead atoms. The second kappa shape index (κ2) is 11.5. The van der Waals surface area contributed by atoms with Crippen molar-refractivity contribution >= 4 is 12.1 Å². The van der Waals surface area contributed by atoms with Crippen LogP contribution in [-0.4, -0.2) is 81.2 Å². The molecule has 8 heteroatoms. The van der Waals surface area contributed by atoms with Gasteiger partial charge in [-0.1, -0.05) is 0 Å². The number of hydrogen-bond acceptors (Lipinski definition) is 5. The van der Waals surface area contributed by atoms with Gasteiger partial charge in [-0.05, 0) is 52.9 Å². The zero-order valence-electron chi connectivity index (χ0n) is 18.0. The fourth-order valence-electron chi connectivity index (χ4n) is 3.40. The van der Waals surface area contributed by atoms with Crippen molar-refractivity contribution in [3.63, 3.8) is 0 Å². The van der Waals surface area contributed by atoms with Crippen LogP contribution in [0.4, 0.5) is 4.79 Å². The van der Waals surface area contributed by atoms with Crippen molar-refractivity contribution in [2.45, 2.75) is 70.7 Å². The zero-order chi connectivity index (χ0) is 20.4. The molecule has 0 spiro atoms. The van der Waals surface area contributed by atoms with E-state index in [-0.39, 0.29) is 6.10 Å². The third-order valence-electron chi connectivity index (χ3n) is 4.82. The molecule has 8 nitrogen and oxygen atoms in total. The van der Waals surface area contributed by atoms with Gasteiger partial charge in [-0.2, -0.15) is 0 Å². The number of guanidine groups is 1. The van der Waals surface area contributed by atoms with E-state index in [1.165, 1.54) is 12.8 Å². The number of ether oxygens (including phenoxy) is 3. The predicted octanol–water partition coefficient (Wildman–Crippen LogP) is 2.14. The summed E-state index contributed by atoms with van der Waals surface area (Å²) < 4.78 is 17.0. The second-order valence-electron chi connectivity index (χ2n) is 8.41. The Bertz CT molecular complexity index is 493. The van der Waals surface area contributed by atoms with Crippen molar-refractivity contribution in [2.75, 3.05) is 46.4 Å². The van der Waals surface area contributed by atoms with Crippen molar-refractivity contribution in [1.82, 2.24) is 15.5 Å². The number of amides is 1. The van der Waals surface area contributed by atoms with Gasteiger partial charge in [0.05, 0.1) is 18.8 Å². The lowest BCUT2D eigenvalue weighted by molar-refractivity contribution is -0.0721. The minimum atomic E-state index is -0.483. The van der Waals surface area contributed by atoms with Crippen LogP contribution in [0.25, 0.3) is 0 Å². The molecule has 0 aromatic carbocycles. The third-order valence-corrected chi connectivity index (χ3v) is 4.82. The first-order chi connectivity index (χ1) is 13.4. The lowest BCUT2D eigenvalue weighted by Crippen LogP contribution is -2.48. The van der Waals surface area contributed by atoms with E-state index in [0.29, 0.717) is 25.8 Å². The summed E-state index contributed by atoms with van der Waals surface area (Å²) in [6.07, 6.45) is 5.70. The molecule has 2 aliphatic rings. The Morgan fingerprint density at radius 3 is 2.46 bits per heavy atom. The molecule has 2 aliphatic heterocycles. The number of hydrogen-bond donors (Lipinski definition) is 2. The molecule has 2 heterocycles. The molecule has 1 amide bonds. The lowest BCUT2D eigenvalue weighted by atomic mass is 10.1. The van der Waals surface area contributed by atoms with Crippen molar-refractivity contribution in [3.8, 4) is 0 Å². The van der Waals surface area contributed by atoms with E-state index in [0.717, 1.165) is 44.9 Å². The highest BCUT2D eigenvalue weighted by molar-refractivity contribution is 5.80. The van der Waals surface area contributed by atoms with Crippen LogP contribution in [0.1, 0.15) is 52.9 Å².